The lowest BCUT2D eigenvalue weighted by molar-refractivity contribution is -0.124. The van der Waals surface area contributed by atoms with Gasteiger partial charge in [0.15, 0.2) is 9.84 Å². The second kappa shape index (κ2) is 4.56. The smallest absolute Gasteiger partial charge is 0.152 e. The molecule has 1 saturated heterocycles. The van der Waals surface area contributed by atoms with Gasteiger partial charge in [0.25, 0.3) is 0 Å². The highest BCUT2D eigenvalue weighted by molar-refractivity contribution is 7.91. The zero-order valence-electron chi connectivity index (χ0n) is 10.4. The maximum atomic E-state index is 11.6. The molecule has 1 aliphatic rings. The highest BCUT2D eigenvalue weighted by Gasteiger charge is 2.58. The van der Waals surface area contributed by atoms with Crippen LogP contribution in [-0.4, -0.2) is 44.3 Å². The quantitative estimate of drug-likeness (QED) is 0.789. The largest absolute Gasteiger partial charge is 0.385 e. The van der Waals surface area contributed by atoms with Crippen LogP contribution in [0.5, 0.6) is 0 Å². The highest BCUT2D eigenvalue weighted by Crippen LogP contribution is 2.45. The van der Waals surface area contributed by atoms with Crippen LogP contribution in [0, 0.1) is 22.7 Å². The van der Waals surface area contributed by atoms with Crippen molar-refractivity contribution in [2.45, 2.75) is 25.9 Å². The maximum Gasteiger partial charge on any atom is 0.152 e. The van der Waals surface area contributed by atoms with E-state index >= 15 is 0 Å². The van der Waals surface area contributed by atoms with E-state index in [1.54, 1.807) is 13.8 Å². The van der Waals surface area contributed by atoms with E-state index in [0.717, 1.165) is 0 Å². The lowest BCUT2D eigenvalue weighted by atomic mass is 9.67. The van der Waals surface area contributed by atoms with Crippen LogP contribution < -0.4 is 0 Å². The summed E-state index contributed by atoms with van der Waals surface area (Å²) in [5.74, 6) is -0.580. The summed E-state index contributed by atoms with van der Waals surface area (Å²) in [5.41, 5.74) is -2.68. The summed E-state index contributed by atoms with van der Waals surface area (Å²) in [7, 11) is -1.81. The third kappa shape index (κ3) is 2.32. The van der Waals surface area contributed by atoms with Gasteiger partial charge in [-0.1, -0.05) is 13.8 Å². The summed E-state index contributed by atoms with van der Waals surface area (Å²) in [6.07, 6.45) is 0.171. The van der Waals surface area contributed by atoms with Gasteiger partial charge in [0.1, 0.15) is 11.0 Å². The summed E-state index contributed by atoms with van der Waals surface area (Å²) in [6, 6.07) is 2.03. The molecule has 17 heavy (non-hydrogen) atoms. The Balaban J connectivity index is 3.21. The van der Waals surface area contributed by atoms with E-state index in [2.05, 4.69) is 0 Å². The monoisotopic (exact) mass is 261 g/mol. The van der Waals surface area contributed by atoms with Gasteiger partial charge in [0.05, 0.1) is 24.2 Å². The molecule has 6 heteroatoms. The van der Waals surface area contributed by atoms with Gasteiger partial charge in [-0.3, -0.25) is 0 Å². The van der Waals surface area contributed by atoms with E-state index < -0.39 is 20.9 Å². The Kier molecular flexibility index (Phi) is 3.87. The van der Waals surface area contributed by atoms with Gasteiger partial charge >= 0.3 is 0 Å². The molecule has 0 aromatic carbocycles. The molecule has 1 aliphatic heterocycles. The SMILES string of the molecule is COCC(O)(C(C)C)C1(C#N)CCS(=O)(=O)C1. The zero-order valence-corrected chi connectivity index (χ0v) is 11.2. The molecule has 0 bridgehead atoms. The third-order valence-electron chi connectivity index (χ3n) is 3.67. The molecular weight excluding hydrogens is 242 g/mol. The Morgan fingerprint density at radius 1 is 1.59 bits per heavy atom. The maximum absolute atomic E-state index is 11.6. The van der Waals surface area contributed by atoms with E-state index in [1.807, 2.05) is 6.07 Å². The minimum absolute atomic E-state index is 0.0340. The van der Waals surface area contributed by atoms with Gasteiger partial charge in [-0.25, -0.2) is 8.42 Å². The van der Waals surface area contributed by atoms with Gasteiger partial charge in [-0.05, 0) is 12.3 Å². The molecule has 1 fully saturated rings. The van der Waals surface area contributed by atoms with Crippen molar-refractivity contribution in [3.63, 3.8) is 0 Å². The van der Waals surface area contributed by atoms with E-state index in [0.29, 0.717) is 0 Å². The minimum Gasteiger partial charge on any atom is -0.385 e. The van der Waals surface area contributed by atoms with Gasteiger partial charge in [0, 0.05) is 7.11 Å². The number of rotatable bonds is 4. The van der Waals surface area contributed by atoms with Gasteiger partial charge < -0.3 is 9.84 Å². The number of ether oxygens (including phenoxy) is 1. The predicted octanol–water partition coefficient (Wildman–Crippen LogP) is 0.348. The molecule has 5 nitrogen and oxygen atoms in total. The average Bonchev–Trinajstić information content (AvgIpc) is 2.56. The number of nitrogens with zero attached hydrogens (tertiary/aromatic N) is 1. The first-order valence-electron chi connectivity index (χ1n) is 5.56. The van der Waals surface area contributed by atoms with Crippen molar-refractivity contribution in [3.8, 4) is 6.07 Å². The molecule has 0 aliphatic carbocycles. The Hall–Kier alpha value is -0.640. The predicted molar refractivity (Wildman–Crippen MR) is 63.0 cm³/mol. The fourth-order valence-corrected chi connectivity index (χ4v) is 4.47. The summed E-state index contributed by atoms with van der Waals surface area (Å²) in [4.78, 5) is 0. The average molecular weight is 261 g/mol. The van der Waals surface area contributed by atoms with Crippen LogP contribution in [0.3, 0.4) is 0 Å². The second-order valence-corrected chi connectivity index (χ2v) is 7.23. The summed E-state index contributed by atoms with van der Waals surface area (Å²) in [5, 5.41) is 20.0. The lowest BCUT2D eigenvalue weighted by Gasteiger charge is -2.42. The van der Waals surface area contributed by atoms with Crippen LogP contribution in [0.2, 0.25) is 0 Å². The molecule has 98 valence electrons. The Labute approximate surface area is 102 Å². The van der Waals surface area contributed by atoms with Crippen LogP contribution >= 0.6 is 0 Å². The minimum atomic E-state index is -3.24. The van der Waals surface area contributed by atoms with Crippen molar-refractivity contribution in [1.29, 1.82) is 5.26 Å². The van der Waals surface area contributed by atoms with Gasteiger partial charge in [-0.2, -0.15) is 5.26 Å². The summed E-state index contributed by atoms with van der Waals surface area (Å²) < 4.78 is 28.1. The fourth-order valence-electron chi connectivity index (χ4n) is 2.45. The van der Waals surface area contributed by atoms with Crippen LogP contribution in [0.25, 0.3) is 0 Å². The Morgan fingerprint density at radius 3 is 2.47 bits per heavy atom. The van der Waals surface area contributed by atoms with Crippen molar-refractivity contribution in [3.05, 3.63) is 0 Å². The first kappa shape index (κ1) is 14.4. The topological polar surface area (TPSA) is 87.4 Å². The molecule has 0 aromatic heterocycles. The number of methoxy groups -OCH3 is 1. The van der Waals surface area contributed by atoms with Crippen molar-refractivity contribution in [2.75, 3.05) is 25.2 Å². The first-order valence-corrected chi connectivity index (χ1v) is 7.38. The van der Waals surface area contributed by atoms with E-state index in [9.17, 15) is 18.8 Å². The molecule has 0 radical (unpaired) electrons. The van der Waals surface area contributed by atoms with Crippen molar-refractivity contribution >= 4 is 9.84 Å². The fraction of sp³-hybridized carbons (Fsp3) is 0.909. The number of hydrogen-bond donors (Lipinski definition) is 1. The number of sulfone groups is 1. The molecule has 2 unspecified atom stereocenters. The second-order valence-electron chi connectivity index (χ2n) is 5.05. The molecule has 0 spiro atoms. The molecule has 0 amide bonds. The summed E-state index contributed by atoms with van der Waals surface area (Å²) >= 11 is 0. The first-order chi connectivity index (χ1) is 7.73. The normalized spacial score (nSPS) is 31.1. The number of aliphatic hydroxyl groups is 1. The number of hydrogen-bond acceptors (Lipinski definition) is 5. The molecule has 1 N–H and O–H groups in total. The third-order valence-corrected chi connectivity index (χ3v) is 5.43. The van der Waals surface area contributed by atoms with E-state index in [4.69, 9.17) is 4.74 Å². The molecule has 1 heterocycles. The molecule has 0 aromatic rings. The molecular formula is C11H19NO4S. The van der Waals surface area contributed by atoms with E-state index in [1.165, 1.54) is 7.11 Å². The van der Waals surface area contributed by atoms with Gasteiger partial charge in [-0.15, -0.1) is 0 Å². The van der Waals surface area contributed by atoms with Crippen molar-refractivity contribution in [2.24, 2.45) is 11.3 Å². The molecule has 1 rings (SSSR count). The Morgan fingerprint density at radius 2 is 2.18 bits per heavy atom. The van der Waals surface area contributed by atoms with Crippen LogP contribution in [0.1, 0.15) is 20.3 Å². The van der Waals surface area contributed by atoms with Crippen LogP contribution in [0.15, 0.2) is 0 Å². The van der Waals surface area contributed by atoms with Crippen molar-refractivity contribution in [1.82, 2.24) is 0 Å². The lowest BCUT2D eigenvalue weighted by Crippen LogP contribution is -2.55. The zero-order chi connectivity index (χ0) is 13.3. The highest BCUT2D eigenvalue weighted by atomic mass is 32.2. The standard InChI is InChI=1S/C11H19NO4S/c1-9(2)11(13,7-16-3)10(6-12)4-5-17(14,15)8-10/h9,13H,4-5,7-8H2,1-3H3. The summed E-state index contributed by atoms with van der Waals surface area (Å²) in [6.45, 7) is 3.50. The van der Waals surface area contributed by atoms with Crippen LogP contribution in [0.4, 0.5) is 0 Å². The molecule has 2 atom stereocenters. The van der Waals surface area contributed by atoms with Crippen molar-refractivity contribution < 1.29 is 18.3 Å². The van der Waals surface area contributed by atoms with Gasteiger partial charge in [0.2, 0.25) is 0 Å². The Bertz CT molecular complexity index is 425. The van der Waals surface area contributed by atoms with E-state index in [-0.39, 0.29) is 30.5 Å². The molecule has 0 saturated carbocycles. The number of nitriles is 1. The van der Waals surface area contributed by atoms with Crippen LogP contribution in [-0.2, 0) is 14.6 Å².